The van der Waals surface area contributed by atoms with Crippen LogP contribution < -0.4 is 10.6 Å². The van der Waals surface area contributed by atoms with Crippen molar-refractivity contribution in [2.24, 2.45) is 0 Å². The molecule has 0 radical (unpaired) electrons. The van der Waals surface area contributed by atoms with Crippen molar-refractivity contribution in [1.29, 1.82) is 0 Å². The molecule has 158 valence electrons. The lowest BCUT2D eigenvalue weighted by Crippen LogP contribution is -2.45. The maximum absolute atomic E-state index is 13.3. The molecule has 6 nitrogen and oxygen atoms in total. The van der Waals surface area contributed by atoms with Gasteiger partial charge in [0.2, 0.25) is 11.9 Å². The van der Waals surface area contributed by atoms with Gasteiger partial charge < -0.3 is 10.6 Å². The highest BCUT2D eigenvalue weighted by molar-refractivity contribution is 6.30. The summed E-state index contributed by atoms with van der Waals surface area (Å²) in [5.41, 5.74) is 8.02. The van der Waals surface area contributed by atoms with E-state index < -0.39 is 0 Å². The van der Waals surface area contributed by atoms with Crippen LogP contribution in [-0.4, -0.2) is 45.8 Å². The van der Waals surface area contributed by atoms with Gasteiger partial charge in [0.15, 0.2) is 0 Å². The topological polar surface area (TPSA) is 74.1 Å². The zero-order valence-electron chi connectivity index (χ0n) is 16.8. The normalized spacial score (nSPS) is 15.1. The van der Waals surface area contributed by atoms with Crippen molar-refractivity contribution >= 4 is 23.5 Å². The molecule has 0 bridgehead atoms. The summed E-state index contributed by atoms with van der Waals surface area (Å²) < 4.78 is 13.3. The fraction of sp³-hybridized carbons (Fsp3) is 0.364. The van der Waals surface area contributed by atoms with Crippen LogP contribution in [0.3, 0.4) is 0 Å². The third-order valence-corrected chi connectivity index (χ3v) is 5.92. The van der Waals surface area contributed by atoms with E-state index in [-0.39, 0.29) is 11.8 Å². The minimum Gasteiger partial charge on any atom is -0.366 e. The predicted molar refractivity (Wildman–Crippen MR) is 118 cm³/mol. The number of aromatic amines is 1. The smallest absolute Gasteiger partial charge is 0.241 e. The number of halogens is 2. The van der Waals surface area contributed by atoms with Gasteiger partial charge in [0.05, 0.1) is 0 Å². The molecule has 1 aromatic heterocycles. The van der Waals surface area contributed by atoms with Crippen molar-refractivity contribution in [2.75, 3.05) is 30.3 Å². The predicted octanol–water partition coefficient (Wildman–Crippen LogP) is 3.89. The Kier molecular flexibility index (Phi) is 6.50. The first-order valence-electron chi connectivity index (χ1n) is 10.2. The number of benzene rings is 2. The monoisotopic (exact) mass is 428 g/mol. The van der Waals surface area contributed by atoms with Gasteiger partial charge in [-0.3, -0.25) is 4.90 Å². The van der Waals surface area contributed by atoms with Crippen molar-refractivity contribution in [3.05, 3.63) is 70.5 Å². The Morgan fingerprint density at radius 1 is 1.07 bits per heavy atom. The number of aromatic nitrogens is 3. The Morgan fingerprint density at radius 3 is 2.37 bits per heavy atom. The highest BCUT2D eigenvalue weighted by Gasteiger charge is 2.26. The van der Waals surface area contributed by atoms with Crippen LogP contribution >= 0.6 is 11.6 Å². The van der Waals surface area contributed by atoms with Crippen LogP contribution in [0.2, 0.25) is 5.02 Å². The van der Waals surface area contributed by atoms with Crippen LogP contribution in [-0.2, 0) is 13.0 Å². The Morgan fingerprint density at radius 2 is 1.73 bits per heavy atom. The molecule has 2 heterocycles. The SMILES string of the molecule is Nc1n[nH]c(N2CCC(N(CCc3ccc(Cl)cc3)Cc3ccc(F)cc3)CC2)n1. The molecule has 1 saturated heterocycles. The number of rotatable bonds is 7. The number of nitrogens with two attached hydrogens (primary N) is 1. The van der Waals surface area contributed by atoms with Crippen molar-refractivity contribution in [2.45, 2.75) is 31.8 Å². The summed E-state index contributed by atoms with van der Waals surface area (Å²) in [7, 11) is 0. The van der Waals surface area contributed by atoms with Gasteiger partial charge in [-0.25, -0.2) is 9.49 Å². The van der Waals surface area contributed by atoms with Gasteiger partial charge in [-0.05, 0) is 54.7 Å². The van der Waals surface area contributed by atoms with Crippen LogP contribution in [0.5, 0.6) is 0 Å². The van der Waals surface area contributed by atoms with Gasteiger partial charge in [-0.15, -0.1) is 5.10 Å². The second kappa shape index (κ2) is 9.45. The number of nitrogens with one attached hydrogen (secondary N) is 1. The van der Waals surface area contributed by atoms with Crippen molar-refractivity contribution in [3.8, 4) is 0 Å². The van der Waals surface area contributed by atoms with Crippen LogP contribution in [0.1, 0.15) is 24.0 Å². The molecule has 0 amide bonds. The van der Waals surface area contributed by atoms with Gasteiger partial charge in [0.25, 0.3) is 0 Å². The number of H-pyrrole nitrogens is 1. The fourth-order valence-electron chi connectivity index (χ4n) is 3.99. The molecule has 0 aliphatic carbocycles. The first kappa shape index (κ1) is 20.6. The molecule has 8 heteroatoms. The summed E-state index contributed by atoms with van der Waals surface area (Å²) in [6, 6.07) is 15.3. The number of hydrogen-bond donors (Lipinski definition) is 2. The number of nitrogen functional groups attached to an aromatic ring is 1. The lowest BCUT2D eigenvalue weighted by Gasteiger charge is -2.38. The minimum atomic E-state index is -0.203. The average molecular weight is 429 g/mol. The minimum absolute atomic E-state index is 0.203. The van der Waals surface area contributed by atoms with Gasteiger partial charge in [0.1, 0.15) is 5.82 Å². The van der Waals surface area contributed by atoms with Crippen molar-refractivity contribution < 1.29 is 4.39 Å². The molecule has 3 N–H and O–H groups in total. The van der Waals surface area contributed by atoms with E-state index in [9.17, 15) is 4.39 Å². The number of anilines is 2. The molecule has 0 unspecified atom stereocenters. The van der Waals surface area contributed by atoms with E-state index in [1.807, 2.05) is 24.3 Å². The molecule has 0 spiro atoms. The van der Waals surface area contributed by atoms with Crippen LogP contribution in [0, 0.1) is 5.82 Å². The van der Waals surface area contributed by atoms with Gasteiger partial charge in [0, 0.05) is 37.2 Å². The van der Waals surface area contributed by atoms with E-state index in [2.05, 4.69) is 37.1 Å². The lowest BCUT2D eigenvalue weighted by molar-refractivity contribution is 0.162. The summed E-state index contributed by atoms with van der Waals surface area (Å²) in [4.78, 5) is 8.94. The molecule has 30 heavy (non-hydrogen) atoms. The fourth-order valence-corrected chi connectivity index (χ4v) is 4.11. The zero-order chi connectivity index (χ0) is 20.9. The van der Waals surface area contributed by atoms with E-state index in [0.29, 0.717) is 6.04 Å². The molecule has 1 aliphatic heterocycles. The third kappa shape index (κ3) is 5.29. The van der Waals surface area contributed by atoms with E-state index in [1.165, 1.54) is 17.7 Å². The molecule has 0 atom stereocenters. The van der Waals surface area contributed by atoms with Crippen LogP contribution in [0.25, 0.3) is 0 Å². The van der Waals surface area contributed by atoms with Crippen molar-refractivity contribution in [3.63, 3.8) is 0 Å². The second-order valence-electron chi connectivity index (χ2n) is 7.71. The van der Waals surface area contributed by atoms with Gasteiger partial charge >= 0.3 is 0 Å². The van der Waals surface area contributed by atoms with E-state index >= 15 is 0 Å². The van der Waals surface area contributed by atoms with Gasteiger partial charge in [-0.2, -0.15) is 4.98 Å². The standard InChI is InChI=1S/C22H26ClFN6/c23-18-5-1-16(2-6-18)9-12-30(15-17-3-7-19(24)8-4-17)20-10-13-29(14-11-20)22-26-21(25)27-28-22/h1-8,20H,9-15H2,(H3,25,26,27,28). The number of piperidine rings is 1. The molecule has 0 saturated carbocycles. The van der Waals surface area contributed by atoms with E-state index in [0.717, 1.165) is 62.0 Å². The van der Waals surface area contributed by atoms with Crippen LogP contribution in [0.15, 0.2) is 48.5 Å². The molecule has 1 fully saturated rings. The summed E-state index contributed by atoms with van der Waals surface area (Å²) in [6.07, 6.45) is 2.97. The van der Waals surface area contributed by atoms with E-state index in [4.69, 9.17) is 17.3 Å². The molecule has 3 aromatic rings. The number of hydrogen-bond acceptors (Lipinski definition) is 5. The summed E-state index contributed by atoms with van der Waals surface area (Å²) in [6.45, 7) is 3.51. The van der Waals surface area contributed by atoms with E-state index in [1.54, 1.807) is 0 Å². The first-order chi connectivity index (χ1) is 14.6. The maximum atomic E-state index is 13.3. The Balaban J connectivity index is 1.42. The largest absolute Gasteiger partial charge is 0.366 e. The Hall–Kier alpha value is -2.64. The second-order valence-corrected chi connectivity index (χ2v) is 8.15. The average Bonchev–Trinajstić information content (AvgIpc) is 3.20. The molecule has 4 rings (SSSR count). The summed E-state index contributed by atoms with van der Waals surface area (Å²) in [5, 5.41) is 7.58. The summed E-state index contributed by atoms with van der Waals surface area (Å²) >= 11 is 6.02. The van der Waals surface area contributed by atoms with Crippen molar-refractivity contribution in [1.82, 2.24) is 20.1 Å². The third-order valence-electron chi connectivity index (χ3n) is 5.67. The maximum Gasteiger partial charge on any atom is 0.241 e. The first-order valence-corrected chi connectivity index (χ1v) is 10.6. The Labute approximate surface area is 180 Å². The quantitative estimate of drug-likeness (QED) is 0.597. The Bertz CT molecular complexity index is 935. The van der Waals surface area contributed by atoms with Gasteiger partial charge in [-0.1, -0.05) is 35.9 Å². The molecule has 2 aromatic carbocycles. The highest BCUT2D eigenvalue weighted by Crippen LogP contribution is 2.23. The lowest BCUT2D eigenvalue weighted by atomic mass is 10.0. The molecular weight excluding hydrogens is 403 g/mol. The summed E-state index contributed by atoms with van der Waals surface area (Å²) in [5.74, 6) is 0.802. The zero-order valence-corrected chi connectivity index (χ0v) is 17.5. The highest BCUT2D eigenvalue weighted by atomic mass is 35.5. The van der Waals surface area contributed by atoms with Crippen LogP contribution in [0.4, 0.5) is 16.3 Å². The molecular formula is C22H26ClFN6. The molecule has 1 aliphatic rings. The number of nitrogens with zero attached hydrogens (tertiary/aromatic N) is 4.